The van der Waals surface area contributed by atoms with Crippen molar-refractivity contribution in [2.75, 3.05) is 14.1 Å². The largest absolute Gasteiger partial charge is 0.383 e. The number of nitrogens with zero attached hydrogens (tertiary/aromatic N) is 5. The number of carbonyl (C=O) groups is 1. The molecule has 0 atom stereocenters. The van der Waals surface area contributed by atoms with Gasteiger partial charge in [-0.2, -0.15) is 4.68 Å². The minimum atomic E-state index is -2.13. The molecule has 1 heterocycles. The van der Waals surface area contributed by atoms with E-state index in [0.717, 1.165) is 11.1 Å². The quantitative estimate of drug-likeness (QED) is 0.444. The molecular weight excluding hydrogens is 421 g/mol. The Kier molecular flexibility index (Phi) is 6.03. The molecule has 0 unspecified atom stereocenters. The van der Waals surface area contributed by atoms with E-state index in [1.54, 1.807) is 19.0 Å². The van der Waals surface area contributed by atoms with Crippen LogP contribution in [0.4, 0.5) is 0 Å². The van der Waals surface area contributed by atoms with Gasteiger partial charge in [0.1, 0.15) is 0 Å². The first-order valence-electron chi connectivity index (χ1n) is 8.22. The second kappa shape index (κ2) is 8.31. The summed E-state index contributed by atoms with van der Waals surface area (Å²) < 4.78 is -0.700. The van der Waals surface area contributed by atoms with Crippen LogP contribution in [0.3, 0.4) is 0 Å². The van der Waals surface area contributed by atoms with Crippen molar-refractivity contribution in [2.45, 2.75) is 3.79 Å². The van der Waals surface area contributed by atoms with Crippen molar-refractivity contribution in [3.05, 3.63) is 66.6 Å². The van der Waals surface area contributed by atoms with E-state index in [2.05, 4.69) is 15.5 Å². The highest BCUT2D eigenvalue weighted by atomic mass is 35.6. The summed E-state index contributed by atoms with van der Waals surface area (Å²) in [6, 6.07) is 17.6. The molecule has 3 aromatic rings. The fraction of sp³-hybridized carbons (Fsp3) is 0.158. The number of hydrogen-bond donors (Lipinski definition) is 0. The van der Waals surface area contributed by atoms with Crippen LogP contribution in [-0.4, -0.2) is 48.8 Å². The van der Waals surface area contributed by atoms with Gasteiger partial charge in [0, 0.05) is 20.3 Å². The summed E-state index contributed by atoms with van der Waals surface area (Å²) in [6.45, 7) is 0. The van der Waals surface area contributed by atoms with Crippen molar-refractivity contribution in [3.8, 4) is 16.8 Å². The van der Waals surface area contributed by atoms with Crippen LogP contribution in [-0.2, 0) is 4.79 Å². The Morgan fingerprint density at radius 1 is 1.00 bits per heavy atom. The molecule has 0 aliphatic heterocycles. The predicted octanol–water partition coefficient (Wildman–Crippen LogP) is 4.17. The molecule has 0 fully saturated rings. The van der Waals surface area contributed by atoms with E-state index in [9.17, 15) is 4.79 Å². The maximum Gasteiger partial charge on any atom is 0.253 e. The Morgan fingerprint density at radius 2 is 1.61 bits per heavy atom. The van der Waals surface area contributed by atoms with E-state index in [1.807, 2.05) is 54.6 Å². The lowest BCUT2D eigenvalue weighted by Gasteiger charge is -2.15. The summed E-state index contributed by atoms with van der Waals surface area (Å²) in [6.07, 6.45) is 1.52. The number of benzene rings is 2. The van der Waals surface area contributed by atoms with Crippen molar-refractivity contribution >= 4 is 46.2 Å². The highest BCUT2D eigenvalue weighted by molar-refractivity contribution is 6.79. The van der Waals surface area contributed by atoms with Gasteiger partial charge in [-0.1, -0.05) is 77.3 Å². The van der Waals surface area contributed by atoms with Gasteiger partial charge in [-0.25, -0.2) is 0 Å². The lowest BCUT2D eigenvalue weighted by atomic mass is 10.1. The van der Waals surface area contributed by atoms with Gasteiger partial charge in [-0.05, 0) is 33.7 Å². The topological polar surface area (TPSA) is 63.9 Å². The van der Waals surface area contributed by atoms with E-state index in [4.69, 9.17) is 34.8 Å². The molecule has 0 spiro atoms. The minimum absolute atomic E-state index is 0.0853. The standard InChI is InChI=1S/C19H16Cl3N5O/c1-26(2)12-16(17(28)19(20,21)22)18-23-24-25-27(18)15-10-8-14(9-11-15)13-6-4-3-5-7-13/h3-12H,1-2H3. The summed E-state index contributed by atoms with van der Waals surface area (Å²) >= 11 is 17.4. The highest BCUT2D eigenvalue weighted by Crippen LogP contribution is 2.33. The molecule has 0 saturated heterocycles. The first kappa shape index (κ1) is 20.3. The summed E-state index contributed by atoms with van der Waals surface area (Å²) in [5, 5.41) is 11.7. The Morgan fingerprint density at radius 3 is 2.18 bits per heavy atom. The number of aromatic nitrogens is 4. The number of halogens is 3. The van der Waals surface area contributed by atoms with E-state index >= 15 is 0 Å². The molecule has 3 rings (SSSR count). The van der Waals surface area contributed by atoms with E-state index in [1.165, 1.54) is 10.9 Å². The van der Waals surface area contributed by atoms with Gasteiger partial charge in [-0.15, -0.1) is 5.10 Å². The van der Waals surface area contributed by atoms with Crippen LogP contribution in [0, 0.1) is 0 Å². The summed E-state index contributed by atoms with van der Waals surface area (Å²) in [7, 11) is 3.49. The van der Waals surface area contributed by atoms with Crippen LogP contribution >= 0.6 is 34.8 Å². The molecule has 9 heteroatoms. The Bertz CT molecular complexity index is 992. The second-order valence-corrected chi connectivity index (χ2v) is 8.44. The zero-order valence-corrected chi connectivity index (χ0v) is 17.3. The molecule has 0 saturated carbocycles. The van der Waals surface area contributed by atoms with Crippen molar-refractivity contribution in [3.63, 3.8) is 0 Å². The first-order valence-corrected chi connectivity index (χ1v) is 9.35. The van der Waals surface area contributed by atoms with Crippen molar-refractivity contribution < 1.29 is 4.79 Å². The number of allylic oxidation sites excluding steroid dienone is 1. The number of alkyl halides is 3. The zero-order chi connectivity index (χ0) is 20.3. The average molecular weight is 437 g/mol. The normalized spacial score (nSPS) is 12.1. The third-order valence-corrected chi connectivity index (χ3v) is 4.33. The van der Waals surface area contributed by atoms with E-state index in [-0.39, 0.29) is 11.4 Å². The fourth-order valence-electron chi connectivity index (χ4n) is 2.58. The van der Waals surface area contributed by atoms with Gasteiger partial charge in [-0.3, -0.25) is 4.79 Å². The Hall–Kier alpha value is -2.41. The van der Waals surface area contributed by atoms with Gasteiger partial charge in [0.2, 0.25) is 5.78 Å². The molecule has 0 aliphatic rings. The number of carbonyl (C=O) groups excluding carboxylic acids is 1. The Balaban J connectivity index is 2.02. The predicted molar refractivity (Wildman–Crippen MR) is 112 cm³/mol. The van der Waals surface area contributed by atoms with E-state index in [0.29, 0.717) is 5.69 Å². The van der Waals surface area contributed by atoms with Gasteiger partial charge in [0.15, 0.2) is 5.82 Å². The van der Waals surface area contributed by atoms with Gasteiger partial charge in [0.05, 0.1) is 11.3 Å². The van der Waals surface area contributed by atoms with Crippen LogP contribution in [0.25, 0.3) is 22.4 Å². The van der Waals surface area contributed by atoms with Crippen LogP contribution in [0.5, 0.6) is 0 Å². The lowest BCUT2D eigenvalue weighted by Crippen LogP contribution is -2.23. The lowest BCUT2D eigenvalue weighted by molar-refractivity contribution is -0.113. The number of Topliss-reactive ketones (excluding diaryl/α,β-unsaturated/α-hetero) is 1. The number of hydrogen-bond acceptors (Lipinski definition) is 5. The smallest absolute Gasteiger partial charge is 0.253 e. The van der Waals surface area contributed by atoms with Gasteiger partial charge in [0.25, 0.3) is 3.79 Å². The minimum Gasteiger partial charge on any atom is -0.383 e. The maximum absolute atomic E-state index is 12.6. The average Bonchev–Trinajstić information content (AvgIpc) is 3.15. The SMILES string of the molecule is CN(C)C=C(C(=O)C(Cl)(Cl)Cl)c1nnnn1-c1ccc(-c2ccccc2)cc1. The van der Waals surface area contributed by atoms with Crippen molar-refractivity contribution in [1.29, 1.82) is 0 Å². The summed E-state index contributed by atoms with van der Waals surface area (Å²) in [5.74, 6) is -0.541. The van der Waals surface area contributed by atoms with Crippen LogP contribution < -0.4 is 0 Å². The molecule has 0 radical (unpaired) electrons. The molecule has 0 amide bonds. The highest BCUT2D eigenvalue weighted by Gasteiger charge is 2.36. The molecule has 0 bridgehead atoms. The summed E-state index contributed by atoms with van der Waals surface area (Å²) in [4.78, 5) is 14.3. The maximum atomic E-state index is 12.6. The van der Waals surface area contributed by atoms with Gasteiger partial charge < -0.3 is 4.90 Å². The third kappa shape index (κ3) is 4.52. The molecule has 1 aromatic heterocycles. The number of rotatable bonds is 5. The van der Waals surface area contributed by atoms with Crippen molar-refractivity contribution in [1.82, 2.24) is 25.1 Å². The molecule has 144 valence electrons. The molecule has 6 nitrogen and oxygen atoms in total. The fourth-order valence-corrected chi connectivity index (χ4v) is 2.89. The summed E-state index contributed by atoms with van der Waals surface area (Å²) in [5.41, 5.74) is 2.88. The monoisotopic (exact) mass is 435 g/mol. The van der Waals surface area contributed by atoms with Crippen molar-refractivity contribution in [2.24, 2.45) is 0 Å². The van der Waals surface area contributed by atoms with Crippen LogP contribution in [0.2, 0.25) is 0 Å². The second-order valence-electron chi connectivity index (χ2n) is 6.16. The zero-order valence-electron chi connectivity index (χ0n) is 15.1. The molecule has 28 heavy (non-hydrogen) atoms. The van der Waals surface area contributed by atoms with Crippen LogP contribution in [0.15, 0.2) is 60.8 Å². The Labute approximate surface area is 177 Å². The third-order valence-electron chi connectivity index (χ3n) is 3.82. The van der Waals surface area contributed by atoms with Crippen LogP contribution in [0.1, 0.15) is 5.82 Å². The molecule has 0 aliphatic carbocycles. The van der Waals surface area contributed by atoms with Gasteiger partial charge >= 0.3 is 0 Å². The number of ketones is 1. The van der Waals surface area contributed by atoms with E-state index < -0.39 is 9.58 Å². The number of tetrazole rings is 1. The first-order chi connectivity index (χ1) is 13.3. The molecule has 2 aromatic carbocycles. The molecule has 0 N–H and O–H groups in total. The molecular formula is C19H16Cl3N5O.